The van der Waals surface area contributed by atoms with Crippen LogP contribution in [0.3, 0.4) is 0 Å². The van der Waals surface area contributed by atoms with Gasteiger partial charge in [0.1, 0.15) is 18.0 Å². The summed E-state index contributed by atoms with van der Waals surface area (Å²) in [6.07, 6.45) is -4.43. The third-order valence-corrected chi connectivity index (χ3v) is 5.68. The average Bonchev–Trinajstić information content (AvgIpc) is 2.77. The predicted molar refractivity (Wildman–Crippen MR) is 113 cm³/mol. The van der Waals surface area contributed by atoms with E-state index in [2.05, 4.69) is 14.9 Å². The standard InChI is InChI=1S/C21H20F3N3O4S/c1-3-32(28,29)27-19-12-18(25-26-20(19)30-2)15-7-5-9-17(11-15)31-13-14-6-4-8-16(10-14)21(22,23)24/h4-12H,3,13H2,1-2H3,(H,25,27). The van der Waals surface area contributed by atoms with Crippen LogP contribution in [-0.2, 0) is 22.8 Å². The molecule has 0 amide bonds. The van der Waals surface area contributed by atoms with Gasteiger partial charge in [-0.15, -0.1) is 10.2 Å². The predicted octanol–water partition coefficient (Wildman–Crippen LogP) is 4.51. The molecule has 1 heterocycles. The molecule has 11 heteroatoms. The summed E-state index contributed by atoms with van der Waals surface area (Å²) in [5, 5.41) is 7.95. The van der Waals surface area contributed by atoms with Crippen molar-refractivity contribution >= 4 is 15.7 Å². The van der Waals surface area contributed by atoms with Crippen LogP contribution in [0.25, 0.3) is 11.3 Å². The molecule has 0 fully saturated rings. The minimum Gasteiger partial charge on any atom is -0.489 e. The molecule has 0 radical (unpaired) electrons. The van der Waals surface area contributed by atoms with Crippen LogP contribution in [0.2, 0.25) is 0 Å². The van der Waals surface area contributed by atoms with Crippen molar-refractivity contribution in [3.8, 4) is 22.9 Å². The summed E-state index contributed by atoms with van der Waals surface area (Å²) in [5.41, 5.74) is 0.672. The Hall–Kier alpha value is -3.34. The van der Waals surface area contributed by atoms with Crippen molar-refractivity contribution in [3.05, 3.63) is 65.7 Å². The van der Waals surface area contributed by atoms with Gasteiger partial charge in [0.25, 0.3) is 5.88 Å². The lowest BCUT2D eigenvalue weighted by Crippen LogP contribution is -2.16. The first-order valence-electron chi connectivity index (χ1n) is 9.43. The van der Waals surface area contributed by atoms with Crippen LogP contribution in [0.5, 0.6) is 11.6 Å². The monoisotopic (exact) mass is 467 g/mol. The van der Waals surface area contributed by atoms with Gasteiger partial charge in [-0.2, -0.15) is 13.2 Å². The summed E-state index contributed by atoms with van der Waals surface area (Å²) >= 11 is 0. The maximum absolute atomic E-state index is 12.9. The van der Waals surface area contributed by atoms with Gasteiger partial charge in [-0.05, 0) is 42.8 Å². The maximum Gasteiger partial charge on any atom is 0.416 e. The summed E-state index contributed by atoms with van der Waals surface area (Å²) < 4.78 is 75.6. The maximum atomic E-state index is 12.9. The highest BCUT2D eigenvalue weighted by Gasteiger charge is 2.30. The smallest absolute Gasteiger partial charge is 0.416 e. The number of alkyl halides is 3. The number of aromatic nitrogens is 2. The van der Waals surface area contributed by atoms with E-state index in [0.29, 0.717) is 22.6 Å². The molecule has 0 unspecified atom stereocenters. The van der Waals surface area contributed by atoms with E-state index in [1.165, 1.54) is 26.2 Å². The molecular formula is C21H20F3N3O4S. The zero-order valence-electron chi connectivity index (χ0n) is 17.2. The van der Waals surface area contributed by atoms with Crippen LogP contribution in [0.1, 0.15) is 18.1 Å². The number of halogens is 3. The lowest BCUT2D eigenvalue weighted by atomic mass is 10.1. The van der Waals surface area contributed by atoms with Crippen LogP contribution >= 0.6 is 0 Å². The summed E-state index contributed by atoms with van der Waals surface area (Å²) in [6.45, 7) is 1.43. The van der Waals surface area contributed by atoms with Crippen LogP contribution < -0.4 is 14.2 Å². The number of hydrogen-bond donors (Lipinski definition) is 1. The molecule has 2 aromatic carbocycles. The van der Waals surface area contributed by atoms with Crippen molar-refractivity contribution in [1.29, 1.82) is 0 Å². The normalized spacial score (nSPS) is 11.8. The zero-order valence-corrected chi connectivity index (χ0v) is 18.0. The highest BCUT2D eigenvalue weighted by atomic mass is 32.2. The minimum atomic E-state index is -4.43. The molecule has 3 rings (SSSR count). The molecule has 170 valence electrons. The fourth-order valence-electron chi connectivity index (χ4n) is 2.73. The number of sulfonamides is 1. The van der Waals surface area contributed by atoms with Crippen molar-refractivity contribution in [2.24, 2.45) is 0 Å². The van der Waals surface area contributed by atoms with Gasteiger partial charge < -0.3 is 9.47 Å². The lowest BCUT2D eigenvalue weighted by molar-refractivity contribution is -0.137. The van der Waals surface area contributed by atoms with Gasteiger partial charge in [-0.1, -0.05) is 24.3 Å². The molecule has 0 atom stereocenters. The number of hydrogen-bond acceptors (Lipinski definition) is 6. The Bertz CT molecular complexity index is 1200. The van der Waals surface area contributed by atoms with Gasteiger partial charge in [0, 0.05) is 5.56 Å². The van der Waals surface area contributed by atoms with Gasteiger partial charge in [0.2, 0.25) is 10.0 Å². The molecule has 0 saturated carbocycles. The molecule has 32 heavy (non-hydrogen) atoms. The fraction of sp³-hybridized carbons (Fsp3) is 0.238. The van der Waals surface area contributed by atoms with Gasteiger partial charge >= 0.3 is 6.18 Å². The number of nitrogens with one attached hydrogen (secondary N) is 1. The van der Waals surface area contributed by atoms with E-state index in [-0.39, 0.29) is 23.9 Å². The molecule has 0 saturated heterocycles. The summed E-state index contributed by atoms with van der Waals surface area (Å²) in [7, 11) is -2.23. The first kappa shape index (κ1) is 23.3. The Morgan fingerprint density at radius 3 is 2.47 bits per heavy atom. The van der Waals surface area contributed by atoms with E-state index in [9.17, 15) is 21.6 Å². The second-order valence-corrected chi connectivity index (χ2v) is 8.68. The van der Waals surface area contributed by atoms with Crippen molar-refractivity contribution in [3.63, 3.8) is 0 Å². The molecule has 0 bridgehead atoms. The second-order valence-electron chi connectivity index (χ2n) is 6.67. The Morgan fingerprint density at radius 1 is 1.03 bits per heavy atom. The SMILES string of the molecule is CCS(=O)(=O)Nc1cc(-c2cccc(OCc3cccc(C(F)(F)F)c3)c2)nnc1OC. The van der Waals surface area contributed by atoms with E-state index >= 15 is 0 Å². The van der Waals surface area contributed by atoms with Crippen molar-refractivity contribution in [2.75, 3.05) is 17.6 Å². The second kappa shape index (κ2) is 9.43. The fourth-order valence-corrected chi connectivity index (χ4v) is 3.36. The lowest BCUT2D eigenvalue weighted by Gasteiger charge is -2.12. The number of ether oxygens (including phenoxy) is 2. The quantitative estimate of drug-likeness (QED) is 0.524. The van der Waals surface area contributed by atoms with E-state index < -0.39 is 21.8 Å². The topological polar surface area (TPSA) is 90.4 Å². The average molecular weight is 467 g/mol. The molecule has 3 aromatic rings. The summed E-state index contributed by atoms with van der Waals surface area (Å²) in [6, 6.07) is 13.0. The van der Waals surface area contributed by atoms with Gasteiger partial charge in [0.15, 0.2) is 0 Å². The first-order chi connectivity index (χ1) is 15.1. The number of anilines is 1. The highest BCUT2D eigenvalue weighted by Crippen LogP contribution is 2.31. The molecule has 0 aliphatic rings. The van der Waals surface area contributed by atoms with E-state index in [1.807, 2.05) is 0 Å². The number of nitrogens with zero attached hydrogens (tertiary/aromatic N) is 2. The molecule has 7 nitrogen and oxygen atoms in total. The van der Waals surface area contributed by atoms with E-state index in [4.69, 9.17) is 9.47 Å². The van der Waals surface area contributed by atoms with E-state index in [0.717, 1.165) is 12.1 Å². The first-order valence-corrected chi connectivity index (χ1v) is 11.1. The molecular weight excluding hydrogens is 447 g/mol. The number of rotatable bonds is 8. The van der Waals surface area contributed by atoms with Crippen molar-refractivity contribution in [1.82, 2.24) is 10.2 Å². The Morgan fingerprint density at radius 2 is 1.78 bits per heavy atom. The van der Waals surface area contributed by atoms with Crippen LogP contribution in [0.15, 0.2) is 54.6 Å². The largest absolute Gasteiger partial charge is 0.489 e. The number of benzene rings is 2. The summed E-state index contributed by atoms with van der Waals surface area (Å²) in [5.74, 6) is 0.281. The Labute approximate surface area is 183 Å². The molecule has 0 aliphatic carbocycles. The van der Waals surface area contributed by atoms with Crippen LogP contribution in [0.4, 0.5) is 18.9 Å². The summed E-state index contributed by atoms with van der Waals surface area (Å²) in [4.78, 5) is 0. The van der Waals surface area contributed by atoms with Gasteiger partial charge in [0.05, 0.1) is 24.1 Å². The van der Waals surface area contributed by atoms with Crippen LogP contribution in [-0.4, -0.2) is 31.5 Å². The molecule has 1 N–H and O–H groups in total. The van der Waals surface area contributed by atoms with Crippen LogP contribution in [0, 0.1) is 0 Å². The third-order valence-electron chi connectivity index (χ3n) is 4.39. The number of methoxy groups -OCH3 is 1. The van der Waals surface area contributed by atoms with Gasteiger partial charge in [-0.25, -0.2) is 8.42 Å². The molecule has 0 aliphatic heterocycles. The van der Waals surface area contributed by atoms with Crippen molar-refractivity contribution in [2.45, 2.75) is 19.7 Å². The van der Waals surface area contributed by atoms with E-state index in [1.54, 1.807) is 30.3 Å². The highest BCUT2D eigenvalue weighted by molar-refractivity contribution is 7.92. The Kier molecular flexibility index (Phi) is 6.87. The molecule has 0 spiro atoms. The molecule has 1 aromatic heterocycles. The Balaban J connectivity index is 1.82. The van der Waals surface area contributed by atoms with Gasteiger partial charge in [-0.3, -0.25) is 4.72 Å². The minimum absolute atomic E-state index is 0.0164. The zero-order chi connectivity index (χ0) is 23.4. The van der Waals surface area contributed by atoms with Crippen molar-refractivity contribution < 1.29 is 31.1 Å². The third kappa shape index (κ3) is 5.88.